The summed E-state index contributed by atoms with van der Waals surface area (Å²) in [5.41, 5.74) is 3.57. The van der Waals surface area contributed by atoms with E-state index in [1.54, 1.807) is 7.11 Å². The van der Waals surface area contributed by atoms with Gasteiger partial charge in [-0.1, -0.05) is 17.8 Å². The predicted octanol–water partition coefficient (Wildman–Crippen LogP) is 3.50. The van der Waals surface area contributed by atoms with Gasteiger partial charge in [0.15, 0.2) is 17.4 Å². The fraction of sp³-hybridized carbons (Fsp3) is 0.533. The van der Waals surface area contributed by atoms with E-state index in [4.69, 9.17) is 24.2 Å². The van der Waals surface area contributed by atoms with Crippen LogP contribution in [0.15, 0.2) is 46.7 Å². The lowest BCUT2D eigenvalue weighted by Gasteiger charge is -2.40. The van der Waals surface area contributed by atoms with Gasteiger partial charge in [-0.25, -0.2) is 15.0 Å². The van der Waals surface area contributed by atoms with Crippen LogP contribution in [0.1, 0.15) is 36.2 Å². The number of hydrogen-bond donors (Lipinski definition) is 1. The van der Waals surface area contributed by atoms with Crippen LogP contribution >= 0.6 is 11.8 Å². The molecule has 2 fully saturated rings. The summed E-state index contributed by atoms with van der Waals surface area (Å²) >= 11 is 1.50. The second-order valence-corrected chi connectivity index (χ2v) is 12.7. The first kappa shape index (κ1) is 26.9. The lowest BCUT2D eigenvalue weighted by atomic mass is 9.76. The maximum Gasteiger partial charge on any atom is 0.175 e. The number of aliphatic hydroxyl groups excluding tert-OH is 1. The van der Waals surface area contributed by atoms with Gasteiger partial charge >= 0.3 is 0 Å². The normalized spacial score (nSPS) is 22.4. The fourth-order valence-corrected chi connectivity index (χ4v) is 7.82. The molecule has 0 unspecified atom stereocenters. The highest BCUT2D eigenvalue weighted by atomic mass is 32.2. The Hall–Kier alpha value is -2.99. The number of aromatic nitrogens is 4. The van der Waals surface area contributed by atoms with Crippen LogP contribution in [0.2, 0.25) is 0 Å². The summed E-state index contributed by atoms with van der Waals surface area (Å²) in [6, 6.07) is 6.53. The number of rotatable bonds is 8. The Bertz CT molecular complexity index is 1370. The number of fused-ring (bicyclic) bond motifs is 4. The molecular formula is C30H36N6O4S. The van der Waals surface area contributed by atoms with E-state index < -0.39 is 0 Å². The number of hydrogen-bond acceptors (Lipinski definition) is 11. The van der Waals surface area contributed by atoms with Crippen LogP contribution in [0.4, 0.5) is 11.6 Å². The molecule has 0 saturated carbocycles. The molecule has 3 aromatic heterocycles. The molecule has 41 heavy (non-hydrogen) atoms. The summed E-state index contributed by atoms with van der Waals surface area (Å²) in [5, 5.41) is 11.0. The Morgan fingerprint density at radius 1 is 1.12 bits per heavy atom. The molecule has 1 aliphatic carbocycles. The Morgan fingerprint density at radius 3 is 2.85 bits per heavy atom. The van der Waals surface area contributed by atoms with Gasteiger partial charge in [0.05, 0.1) is 30.3 Å². The first-order chi connectivity index (χ1) is 20.1. The first-order valence-corrected chi connectivity index (χ1v) is 15.2. The quantitative estimate of drug-likeness (QED) is 0.315. The lowest BCUT2D eigenvalue weighted by Crippen LogP contribution is -2.41. The average Bonchev–Trinajstić information content (AvgIpc) is 3.59. The fourth-order valence-electron chi connectivity index (χ4n) is 6.96. The number of nitrogens with zero attached hydrogens (tertiary/aromatic N) is 6. The molecule has 4 aliphatic rings. The summed E-state index contributed by atoms with van der Waals surface area (Å²) in [4.78, 5) is 24.5. The zero-order chi connectivity index (χ0) is 27.8. The molecule has 7 rings (SSSR count). The van der Waals surface area contributed by atoms with E-state index in [-0.39, 0.29) is 6.61 Å². The molecule has 0 aromatic carbocycles. The van der Waals surface area contributed by atoms with Crippen molar-refractivity contribution in [3.63, 3.8) is 0 Å². The van der Waals surface area contributed by atoms with Gasteiger partial charge in [0.25, 0.3) is 0 Å². The van der Waals surface area contributed by atoms with E-state index in [9.17, 15) is 5.11 Å². The molecule has 1 N–H and O–H groups in total. The third-order valence-electron chi connectivity index (χ3n) is 8.98. The van der Waals surface area contributed by atoms with Crippen molar-refractivity contribution in [2.24, 2.45) is 11.3 Å². The second kappa shape index (κ2) is 11.4. The van der Waals surface area contributed by atoms with Gasteiger partial charge in [-0.15, -0.1) is 0 Å². The van der Waals surface area contributed by atoms with E-state index in [2.05, 4.69) is 25.8 Å². The molecule has 3 aliphatic heterocycles. The SMILES string of the molecule is COCOC[C@H]1C[C@@H]2COc3c(Sc4cnc(N5CCC6(CC5)Cc5cccnc5C6)c(CO)n4)ccnc3N2C1. The van der Waals surface area contributed by atoms with Crippen molar-refractivity contribution in [3.8, 4) is 5.75 Å². The van der Waals surface area contributed by atoms with E-state index in [0.717, 1.165) is 79.0 Å². The lowest BCUT2D eigenvalue weighted by molar-refractivity contribution is -0.0414. The highest BCUT2D eigenvalue weighted by Gasteiger charge is 2.41. The largest absolute Gasteiger partial charge is 0.486 e. The molecule has 0 amide bonds. The molecule has 10 nitrogen and oxygen atoms in total. The minimum Gasteiger partial charge on any atom is -0.486 e. The van der Waals surface area contributed by atoms with Crippen molar-refractivity contribution < 1.29 is 19.3 Å². The topological polar surface area (TPSA) is 106 Å². The van der Waals surface area contributed by atoms with Gasteiger partial charge in [0.1, 0.15) is 24.1 Å². The minimum atomic E-state index is -0.152. The molecule has 0 radical (unpaired) electrons. The van der Waals surface area contributed by atoms with Crippen LogP contribution in [0.3, 0.4) is 0 Å². The number of ether oxygens (including phenoxy) is 3. The number of pyridine rings is 2. The Morgan fingerprint density at radius 2 is 2.02 bits per heavy atom. The molecule has 1 spiro atoms. The Balaban J connectivity index is 1.03. The third kappa shape index (κ3) is 5.24. The first-order valence-electron chi connectivity index (χ1n) is 14.4. The maximum absolute atomic E-state index is 10.3. The van der Waals surface area contributed by atoms with Crippen LogP contribution in [0, 0.1) is 11.3 Å². The summed E-state index contributed by atoms with van der Waals surface area (Å²) < 4.78 is 16.9. The van der Waals surface area contributed by atoms with E-state index in [0.29, 0.717) is 43.1 Å². The van der Waals surface area contributed by atoms with Crippen molar-refractivity contribution in [3.05, 3.63) is 53.7 Å². The number of piperidine rings is 1. The van der Waals surface area contributed by atoms with Crippen molar-refractivity contribution in [2.75, 3.05) is 56.6 Å². The van der Waals surface area contributed by atoms with Crippen molar-refractivity contribution >= 4 is 23.4 Å². The summed E-state index contributed by atoms with van der Waals surface area (Å²) in [6.07, 6.45) is 10.9. The third-order valence-corrected chi connectivity index (χ3v) is 9.93. The summed E-state index contributed by atoms with van der Waals surface area (Å²) in [6.45, 7) is 4.14. The zero-order valence-electron chi connectivity index (χ0n) is 23.4. The molecule has 6 heterocycles. The van der Waals surface area contributed by atoms with Crippen LogP contribution < -0.4 is 14.5 Å². The number of methoxy groups -OCH3 is 1. The van der Waals surface area contributed by atoms with Gasteiger partial charge in [-0.05, 0) is 55.2 Å². The maximum atomic E-state index is 10.3. The molecule has 0 bridgehead atoms. The molecule has 11 heteroatoms. The van der Waals surface area contributed by atoms with Gasteiger partial charge < -0.3 is 29.1 Å². The van der Waals surface area contributed by atoms with Gasteiger partial charge in [0, 0.05) is 50.7 Å². The number of anilines is 2. The van der Waals surface area contributed by atoms with Crippen LogP contribution in [0.25, 0.3) is 0 Å². The second-order valence-electron chi connectivity index (χ2n) is 11.6. The smallest absolute Gasteiger partial charge is 0.175 e. The minimum absolute atomic E-state index is 0.152. The van der Waals surface area contributed by atoms with Gasteiger partial charge in [-0.2, -0.15) is 0 Å². The standard InChI is InChI=1S/C30H36N6O4S/c1-38-19-39-17-20-11-22-18-40-27-25(4-8-32-29(27)36(22)15-20)41-26-14-33-28(24(16-37)34-26)35-9-5-30(6-10-35)12-21-3-2-7-31-23(21)13-30/h2-4,7-8,14,20,22,37H,5-6,9-13,15-19H2,1H3/t20-,22+/m0/s1. The Kier molecular flexibility index (Phi) is 7.44. The van der Waals surface area contributed by atoms with Crippen molar-refractivity contribution in [1.29, 1.82) is 0 Å². The molecule has 3 aromatic rings. The average molecular weight is 577 g/mol. The van der Waals surface area contributed by atoms with Crippen LogP contribution in [-0.2, 0) is 28.9 Å². The van der Waals surface area contributed by atoms with E-state index in [1.165, 1.54) is 23.0 Å². The van der Waals surface area contributed by atoms with Gasteiger partial charge in [0.2, 0.25) is 0 Å². The predicted molar refractivity (Wildman–Crippen MR) is 154 cm³/mol. The molecule has 2 saturated heterocycles. The highest BCUT2D eigenvalue weighted by molar-refractivity contribution is 7.99. The number of aliphatic hydroxyl groups is 1. The molecule has 2 atom stereocenters. The highest BCUT2D eigenvalue weighted by Crippen LogP contribution is 2.46. The summed E-state index contributed by atoms with van der Waals surface area (Å²) in [7, 11) is 1.64. The molecular weight excluding hydrogens is 540 g/mol. The van der Waals surface area contributed by atoms with E-state index >= 15 is 0 Å². The van der Waals surface area contributed by atoms with Crippen molar-refractivity contribution in [1.82, 2.24) is 19.9 Å². The van der Waals surface area contributed by atoms with E-state index in [1.807, 2.05) is 30.7 Å². The zero-order valence-corrected chi connectivity index (χ0v) is 24.2. The Labute approximate surface area is 244 Å². The van der Waals surface area contributed by atoms with Crippen molar-refractivity contribution in [2.45, 2.75) is 54.7 Å². The van der Waals surface area contributed by atoms with Crippen LogP contribution in [0.5, 0.6) is 5.75 Å². The van der Waals surface area contributed by atoms with Gasteiger partial charge in [-0.3, -0.25) is 4.98 Å². The summed E-state index contributed by atoms with van der Waals surface area (Å²) in [5.74, 6) is 2.87. The monoisotopic (exact) mass is 576 g/mol. The van der Waals surface area contributed by atoms with Crippen LogP contribution in [-0.4, -0.2) is 77.8 Å². The molecule has 216 valence electrons.